The third-order valence-corrected chi connectivity index (χ3v) is 3.39. The van der Waals surface area contributed by atoms with Gasteiger partial charge in [-0.1, -0.05) is 0 Å². The van der Waals surface area contributed by atoms with Crippen LogP contribution in [0.15, 0.2) is 29.2 Å². The number of rotatable bonds is 3. The zero-order valence-electron chi connectivity index (χ0n) is 9.39. The Morgan fingerprint density at radius 3 is 2.06 bits per heavy atom. The molecule has 0 radical (unpaired) electrons. The molecule has 0 spiro atoms. The van der Waals surface area contributed by atoms with Crippen LogP contribution in [0.1, 0.15) is 6.92 Å². The predicted molar refractivity (Wildman–Crippen MR) is 61.8 cm³/mol. The van der Waals surface area contributed by atoms with Gasteiger partial charge in [-0.15, -0.1) is 0 Å². The SMILES string of the molecule is CC(=O)NS(=O)(=O)c1ccc(N(C)C)cc1. The highest BCUT2D eigenvalue weighted by Gasteiger charge is 2.14. The summed E-state index contributed by atoms with van der Waals surface area (Å²) in [4.78, 5) is 12.6. The zero-order chi connectivity index (χ0) is 12.3. The van der Waals surface area contributed by atoms with Gasteiger partial charge in [0, 0.05) is 26.7 Å². The molecule has 1 N–H and O–H groups in total. The lowest BCUT2D eigenvalue weighted by Gasteiger charge is -2.12. The molecule has 0 saturated carbocycles. The van der Waals surface area contributed by atoms with E-state index in [0.29, 0.717) is 0 Å². The van der Waals surface area contributed by atoms with E-state index in [9.17, 15) is 13.2 Å². The maximum Gasteiger partial charge on any atom is 0.264 e. The monoisotopic (exact) mass is 242 g/mol. The van der Waals surface area contributed by atoms with Crippen LogP contribution in [-0.2, 0) is 14.8 Å². The molecular formula is C10H14N2O3S. The fourth-order valence-corrected chi connectivity index (χ4v) is 2.16. The van der Waals surface area contributed by atoms with Gasteiger partial charge in [0.05, 0.1) is 4.90 Å². The number of carbonyl (C=O) groups excluding carboxylic acids is 1. The maximum atomic E-state index is 11.6. The van der Waals surface area contributed by atoms with Crippen LogP contribution >= 0.6 is 0 Å². The first-order chi connectivity index (χ1) is 7.33. The van der Waals surface area contributed by atoms with Crippen molar-refractivity contribution in [3.8, 4) is 0 Å². The van der Waals surface area contributed by atoms with Crippen LogP contribution in [0.4, 0.5) is 5.69 Å². The summed E-state index contributed by atoms with van der Waals surface area (Å²) >= 11 is 0. The molecule has 1 aromatic rings. The van der Waals surface area contributed by atoms with E-state index in [2.05, 4.69) is 0 Å². The van der Waals surface area contributed by atoms with Crippen molar-refractivity contribution in [2.24, 2.45) is 0 Å². The van der Waals surface area contributed by atoms with Crippen molar-refractivity contribution >= 4 is 21.6 Å². The highest BCUT2D eigenvalue weighted by Crippen LogP contribution is 2.15. The fraction of sp³-hybridized carbons (Fsp3) is 0.300. The summed E-state index contributed by atoms with van der Waals surface area (Å²) in [5.74, 6) is -0.600. The lowest BCUT2D eigenvalue weighted by molar-refractivity contribution is -0.117. The molecule has 0 aliphatic carbocycles. The second-order valence-electron chi connectivity index (χ2n) is 3.55. The largest absolute Gasteiger partial charge is 0.378 e. The van der Waals surface area contributed by atoms with E-state index in [4.69, 9.17) is 0 Å². The van der Waals surface area contributed by atoms with E-state index in [-0.39, 0.29) is 4.90 Å². The van der Waals surface area contributed by atoms with Crippen LogP contribution in [-0.4, -0.2) is 28.4 Å². The average molecular weight is 242 g/mol. The van der Waals surface area contributed by atoms with Crippen molar-refractivity contribution in [3.05, 3.63) is 24.3 Å². The Hall–Kier alpha value is -1.56. The Morgan fingerprint density at radius 1 is 1.19 bits per heavy atom. The smallest absolute Gasteiger partial charge is 0.264 e. The number of amides is 1. The van der Waals surface area contributed by atoms with Crippen LogP contribution in [0.5, 0.6) is 0 Å². The Morgan fingerprint density at radius 2 is 1.69 bits per heavy atom. The molecular weight excluding hydrogens is 228 g/mol. The fourth-order valence-electron chi connectivity index (χ4n) is 1.17. The van der Waals surface area contributed by atoms with Gasteiger partial charge in [0.15, 0.2) is 0 Å². The van der Waals surface area contributed by atoms with Crippen molar-refractivity contribution in [3.63, 3.8) is 0 Å². The number of nitrogens with one attached hydrogen (secondary N) is 1. The van der Waals surface area contributed by atoms with Crippen molar-refractivity contribution in [1.29, 1.82) is 0 Å². The van der Waals surface area contributed by atoms with E-state index in [1.165, 1.54) is 12.1 Å². The molecule has 88 valence electrons. The van der Waals surface area contributed by atoms with Crippen molar-refractivity contribution in [1.82, 2.24) is 4.72 Å². The normalized spacial score (nSPS) is 10.9. The summed E-state index contributed by atoms with van der Waals surface area (Å²) in [6.07, 6.45) is 0. The van der Waals surface area contributed by atoms with Gasteiger partial charge < -0.3 is 4.90 Å². The van der Waals surface area contributed by atoms with Gasteiger partial charge in [-0.3, -0.25) is 4.79 Å². The van der Waals surface area contributed by atoms with E-state index in [0.717, 1.165) is 12.6 Å². The molecule has 0 heterocycles. The molecule has 0 atom stereocenters. The maximum absolute atomic E-state index is 11.6. The standard InChI is InChI=1S/C10H14N2O3S/c1-8(13)11-16(14,15)10-6-4-9(5-7-10)12(2)3/h4-7H,1-3H3,(H,11,13). The minimum atomic E-state index is -3.72. The van der Waals surface area contributed by atoms with Gasteiger partial charge in [0.25, 0.3) is 10.0 Å². The number of carbonyl (C=O) groups is 1. The molecule has 1 aromatic carbocycles. The molecule has 6 heteroatoms. The van der Waals surface area contributed by atoms with Gasteiger partial charge in [0.2, 0.25) is 5.91 Å². The van der Waals surface area contributed by atoms with Crippen LogP contribution in [0.2, 0.25) is 0 Å². The third-order valence-electron chi connectivity index (χ3n) is 1.94. The lowest BCUT2D eigenvalue weighted by atomic mass is 10.3. The molecule has 0 aliphatic heterocycles. The van der Waals surface area contributed by atoms with E-state index >= 15 is 0 Å². The number of hydrogen-bond acceptors (Lipinski definition) is 4. The van der Waals surface area contributed by atoms with Crippen LogP contribution in [0.3, 0.4) is 0 Å². The average Bonchev–Trinajstić information content (AvgIpc) is 2.16. The van der Waals surface area contributed by atoms with E-state index in [1.807, 2.05) is 23.7 Å². The van der Waals surface area contributed by atoms with Crippen LogP contribution in [0, 0.1) is 0 Å². The van der Waals surface area contributed by atoms with Gasteiger partial charge in [-0.05, 0) is 24.3 Å². The Kier molecular flexibility index (Phi) is 3.54. The number of anilines is 1. The van der Waals surface area contributed by atoms with Crippen LogP contribution in [0.25, 0.3) is 0 Å². The number of sulfonamides is 1. The van der Waals surface area contributed by atoms with Gasteiger partial charge >= 0.3 is 0 Å². The zero-order valence-corrected chi connectivity index (χ0v) is 10.2. The summed E-state index contributed by atoms with van der Waals surface area (Å²) in [6, 6.07) is 6.27. The summed E-state index contributed by atoms with van der Waals surface area (Å²) in [5, 5.41) is 0. The summed E-state index contributed by atoms with van der Waals surface area (Å²) in [7, 11) is -0.00314. The quantitative estimate of drug-likeness (QED) is 0.842. The van der Waals surface area contributed by atoms with Crippen molar-refractivity contribution in [2.75, 3.05) is 19.0 Å². The molecule has 0 fully saturated rings. The second kappa shape index (κ2) is 4.52. The van der Waals surface area contributed by atoms with E-state index < -0.39 is 15.9 Å². The second-order valence-corrected chi connectivity index (χ2v) is 5.23. The van der Waals surface area contributed by atoms with Crippen molar-refractivity contribution < 1.29 is 13.2 Å². The van der Waals surface area contributed by atoms with Gasteiger partial charge in [-0.2, -0.15) is 0 Å². The first-order valence-corrected chi connectivity index (χ1v) is 6.12. The third kappa shape index (κ3) is 2.96. The molecule has 0 aromatic heterocycles. The summed E-state index contributed by atoms with van der Waals surface area (Å²) in [6.45, 7) is 1.16. The highest BCUT2D eigenvalue weighted by molar-refractivity contribution is 7.90. The predicted octanol–water partition coefficient (Wildman–Crippen LogP) is 0.577. The first-order valence-electron chi connectivity index (χ1n) is 4.64. The topological polar surface area (TPSA) is 66.5 Å². The lowest BCUT2D eigenvalue weighted by Crippen LogP contribution is -2.28. The van der Waals surface area contributed by atoms with Gasteiger partial charge in [-0.25, -0.2) is 13.1 Å². The van der Waals surface area contributed by atoms with Gasteiger partial charge in [0.1, 0.15) is 0 Å². The molecule has 0 bridgehead atoms. The molecule has 0 aliphatic rings. The van der Waals surface area contributed by atoms with Crippen molar-refractivity contribution in [2.45, 2.75) is 11.8 Å². The molecule has 0 unspecified atom stereocenters. The molecule has 1 amide bonds. The highest BCUT2D eigenvalue weighted by atomic mass is 32.2. The minimum Gasteiger partial charge on any atom is -0.378 e. The Bertz CT molecular complexity index is 477. The number of hydrogen-bond donors (Lipinski definition) is 1. The van der Waals surface area contributed by atoms with Crippen LogP contribution < -0.4 is 9.62 Å². The van der Waals surface area contributed by atoms with E-state index in [1.54, 1.807) is 12.1 Å². The molecule has 0 saturated heterocycles. The summed E-state index contributed by atoms with van der Waals surface area (Å²) < 4.78 is 25.1. The molecule has 1 rings (SSSR count). The number of benzene rings is 1. The Labute approximate surface area is 95.1 Å². The first kappa shape index (κ1) is 12.5. The summed E-state index contributed by atoms with van der Waals surface area (Å²) in [5.41, 5.74) is 0.891. The Balaban J connectivity index is 3.02. The number of nitrogens with zero attached hydrogens (tertiary/aromatic N) is 1. The molecule has 16 heavy (non-hydrogen) atoms. The minimum absolute atomic E-state index is 0.0771. The molecule has 5 nitrogen and oxygen atoms in total.